The van der Waals surface area contributed by atoms with Crippen LogP contribution in [0.2, 0.25) is 0 Å². The van der Waals surface area contributed by atoms with Gasteiger partial charge in [0.05, 0.1) is 10.6 Å². The molecule has 0 radical (unpaired) electrons. The van der Waals surface area contributed by atoms with Crippen LogP contribution in [0.1, 0.15) is 71.4 Å². The fraction of sp³-hybridized carbons (Fsp3) is 0.345. The molecule has 1 unspecified atom stereocenters. The molecular formula is C29H31NO3S. The van der Waals surface area contributed by atoms with Gasteiger partial charge < -0.3 is 5.32 Å². The third kappa shape index (κ3) is 5.16. The van der Waals surface area contributed by atoms with Crippen molar-refractivity contribution in [3.8, 4) is 0 Å². The van der Waals surface area contributed by atoms with Crippen molar-refractivity contribution >= 4 is 15.6 Å². The summed E-state index contributed by atoms with van der Waals surface area (Å²) in [7, 11) is -3.46. The van der Waals surface area contributed by atoms with Crippen molar-refractivity contribution in [3.05, 3.63) is 100 Å². The van der Waals surface area contributed by atoms with Crippen molar-refractivity contribution in [2.24, 2.45) is 0 Å². The van der Waals surface area contributed by atoms with Gasteiger partial charge in [0.15, 0.2) is 9.84 Å². The van der Waals surface area contributed by atoms with Gasteiger partial charge in [-0.05, 0) is 70.2 Å². The molecule has 1 saturated carbocycles. The molecule has 34 heavy (non-hydrogen) atoms. The number of ketones is 1. The summed E-state index contributed by atoms with van der Waals surface area (Å²) < 4.78 is 26.5. The zero-order chi connectivity index (χ0) is 23.7. The molecule has 3 aromatic rings. The van der Waals surface area contributed by atoms with Gasteiger partial charge in [0.2, 0.25) is 0 Å². The molecule has 0 spiro atoms. The zero-order valence-corrected chi connectivity index (χ0v) is 20.4. The zero-order valence-electron chi connectivity index (χ0n) is 19.6. The molecule has 1 N–H and O–H groups in total. The van der Waals surface area contributed by atoms with E-state index >= 15 is 0 Å². The predicted octanol–water partition coefficient (Wildman–Crippen LogP) is 5.45. The Labute approximate surface area is 202 Å². The molecule has 3 aromatic carbocycles. The Bertz CT molecular complexity index is 1310. The number of carbonyl (C=O) groups excluding carboxylic acids is 1. The van der Waals surface area contributed by atoms with Crippen LogP contribution in [0.5, 0.6) is 0 Å². The normalized spacial score (nSPS) is 16.3. The lowest BCUT2D eigenvalue weighted by Crippen LogP contribution is -2.11. The molecule has 4 nitrogen and oxygen atoms in total. The monoisotopic (exact) mass is 473 g/mol. The van der Waals surface area contributed by atoms with Crippen molar-refractivity contribution < 1.29 is 13.2 Å². The first kappa shape index (κ1) is 23.0. The first-order valence-electron chi connectivity index (χ1n) is 12.1. The van der Waals surface area contributed by atoms with Crippen molar-refractivity contribution in [3.63, 3.8) is 0 Å². The first-order chi connectivity index (χ1) is 16.4. The van der Waals surface area contributed by atoms with Crippen molar-refractivity contribution in [1.29, 1.82) is 0 Å². The fourth-order valence-corrected chi connectivity index (χ4v) is 6.33. The van der Waals surface area contributed by atoms with E-state index < -0.39 is 9.84 Å². The molecule has 5 rings (SSSR count). The fourth-order valence-electron chi connectivity index (χ4n) is 4.97. The van der Waals surface area contributed by atoms with E-state index in [1.807, 2.05) is 48.5 Å². The van der Waals surface area contributed by atoms with E-state index in [-0.39, 0.29) is 17.5 Å². The average Bonchev–Trinajstić information content (AvgIpc) is 3.56. The Hall–Kier alpha value is -2.76. The Morgan fingerprint density at radius 3 is 2.50 bits per heavy atom. The van der Waals surface area contributed by atoms with Crippen LogP contribution in [0.3, 0.4) is 0 Å². The highest BCUT2D eigenvalue weighted by Crippen LogP contribution is 2.43. The lowest BCUT2D eigenvalue weighted by Gasteiger charge is -2.14. The molecule has 1 aliphatic carbocycles. The molecule has 176 valence electrons. The minimum Gasteiger partial charge on any atom is -0.309 e. The minimum atomic E-state index is -3.46. The standard InChI is InChI=1S/C29H31NO3S/c1-20(22-5-3-2-4-6-22)13-27(31)15-24-11-12-28(16-29(24)23-9-10-23)34(32,33)19-21-7-8-25-17-30-18-26(25)14-21/h2-8,11-12,14,16,20,23,30H,9-10,13,15,17-19H2,1H3. The average molecular weight is 474 g/mol. The molecule has 5 heteroatoms. The number of rotatable bonds is 9. The summed E-state index contributed by atoms with van der Waals surface area (Å²) in [5.74, 6) is 0.730. The smallest absolute Gasteiger partial charge is 0.182 e. The molecule has 1 aliphatic heterocycles. The number of benzene rings is 3. The maximum atomic E-state index is 13.3. The number of sulfone groups is 1. The number of carbonyl (C=O) groups is 1. The molecule has 1 heterocycles. The van der Waals surface area contributed by atoms with Crippen LogP contribution in [-0.2, 0) is 39.9 Å². The summed E-state index contributed by atoms with van der Waals surface area (Å²) in [5.41, 5.74) is 6.44. The molecule has 1 fully saturated rings. The van der Waals surface area contributed by atoms with Gasteiger partial charge in [-0.2, -0.15) is 0 Å². The van der Waals surface area contributed by atoms with Gasteiger partial charge >= 0.3 is 0 Å². The molecular weight excluding hydrogens is 442 g/mol. The van der Waals surface area contributed by atoms with Gasteiger partial charge in [-0.1, -0.05) is 61.5 Å². The Morgan fingerprint density at radius 2 is 1.74 bits per heavy atom. The third-order valence-electron chi connectivity index (χ3n) is 7.04. The van der Waals surface area contributed by atoms with Crippen LogP contribution in [0.25, 0.3) is 0 Å². The van der Waals surface area contributed by atoms with Crippen LogP contribution in [0, 0.1) is 0 Å². The van der Waals surface area contributed by atoms with Crippen LogP contribution >= 0.6 is 0 Å². The van der Waals surface area contributed by atoms with E-state index in [4.69, 9.17) is 0 Å². The van der Waals surface area contributed by atoms with E-state index in [1.54, 1.807) is 6.07 Å². The van der Waals surface area contributed by atoms with E-state index in [9.17, 15) is 13.2 Å². The topological polar surface area (TPSA) is 63.2 Å². The first-order valence-corrected chi connectivity index (χ1v) is 13.8. The van der Waals surface area contributed by atoms with Gasteiger partial charge in [0.25, 0.3) is 0 Å². The molecule has 0 bridgehead atoms. The number of hydrogen-bond donors (Lipinski definition) is 1. The summed E-state index contributed by atoms with van der Waals surface area (Å²) >= 11 is 0. The molecule has 0 aromatic heterocycles. The second kappa shape index (κ2) is 9.47. The Balaban J connectivity index is 1.32. The quantitative estimate of drug-likeness (QED) is 0.449. The van der Waals surface area contributed by atoms with Gasteiger partial charge in [0, 0.05) is 25.9 Å². The number of Topliss-reactive ketones (excluding diaryl/α,β-unsaturated/α-hetero) is 1. The third-order valence-corrected chi connectivity index (χ3v) is 8.73. The minimum absolute atomic E-state index is 0.00272. The maximum Gasteiger partial charge on any atom is 0.182 e. The lowest BCUT2D eigenvalue weighted by atomic mass is 9.92. The molecule has 2 aliphatic rings. The van der Waals surface area contributed by atoms with Gasteiger partial charge in [-0.25, -0.2) is 8.42 Å². The Kier molecular flexibility index (Phi) is 6.41. The van der Waals surface area contributed by atoms with Crippen LogP contribution in [0.4, 0.5) is 0 Å². The van der Waals surface area contributed by atoms with Crippen molar-refractivity contribution in [2.45, 2.75) is 68.2 Å². The largest absolute Gasteiger partial charge is 0.309 e. The highest BCUT2D eigenvalue weighted by atomic mass is 32.2. The van der Waals surface area contributed by atoms with Crippen LogP contribution in [0.15, 0.2) is 71.6 Å². The summed E-state index contributed by atoms with van der Waals surface area (Å²) in [6.07, 6.45) is 2.97. The van der Waals surface area contributed by atoms with Crippen LogP contribution < -0.4 is 5.32 Å². The van der Waals surface area contributed by atoms with Gasteiger partial charge in [-0.3, -0.25) is 4.79 Å². The SMILES string of the molecule is CC(CC(=O)Cc1ccc(S(=O)(=O)Cc2ccc3c(c2)CNC3)cc1C1CC1)c1ccccc1. The molecule has 0 saturated heterocycles. The molecule has 0 amide bonds. The van der Waals surface area contributed by atoms with Gasteiger partial charge in [0.1, 0.15) is 5.78 Å². The van der Waals surface area contributed by atoms with Gasteiger partial charge in [-0.15, -0.1) is 0 Å². The highest BCUT2D eigenvalue weighted by Gasteiger charge is 2.29. The summed E-state index contributed by atoms with van der Waals surface area (Å²) in [6.45, 7) is 3.72. The maximum absolute atomic E-state index is 13.3. The summed E-state index contributed by atoms with van der Waals surface area (Å²) in [6, 6.07) is 21.5. The van der Waals surface area contributed by atoms with Crippen LogP contribution in [-0.4, -0.2) is 14.2 Å². The second-order valence-corrected chi connectivity index (χ2v) is 11.8. The van der Waals surface area contributed by atoms with E-state index in [0.29, 0.717) is 23.7 Å². The van der Waals surface area contributed by atoms with E-state index in [1.165, 1.54) is 16.7 Å². The van der Waals surface area contributed by atoms with E-state index in [0.717, 1.165) is 42.6 Å². The summed E-state index contributed by atoms with van der Waals surface area (Å²) in [4.78, 5) is 13.2. The van der Waals surface area contributed by atoms with Crippen molar-refractivity contribution in [1.82, 2.24) is 5.32 Å². The lowest BCUT2D eigenvalue weighted by molar-refractivity contribution is -0.118. The number of hydrogen-bond acceptors (Lipinski definition) is 4. The molecule has 1 atom stereocenters. The van der Waals surface area contributed by atoms with Crippen molar-refractivity contribution in [2.75, 3.05) is 0 Å². The van der Waals surface area contributed by atoms with E-state index in [2.05, 4.69) is 24.4 Å². The predicted molar refractivity (Wildman–Crippen MR) is 134 cm³/mol. The Morgan fingerprint density at radius 1 is 0.971 bits per heavy atom. The highest BCUT2D eigenvalue weighted by molar-refractivity contribution is 7.90. The summed E-state index contributed by atoms with van der Waals surface area (Å²) in [5, 5.41) is 3.30. The second-order valence-electron chi connectivity index (χ2n) is 9.83. The number of nitrogens with one attached hydrogen (secondary N) is 1. The number of fused-ring (bicyclic) bond motifs is 1.